The van der Waals surface area contributed by atoms with Crippen molar-refractivity contribution in [2.24, 2.45) is 0 Å². The van der Waals surface area contributed by atoms with E-state index < -0.39 is 0 Å². The molecule has 0 unspecified atom stereocenters. The minimum Gasteiger partial charge on any atom is -0.461 e. The van der Waals surface area contributed by atoms with Crippen LogP contribution in [0.2, 0.25) is 0 Å². The van der Waals surface area contributed by atoms with Crippen LogP contribution >= 0.6 is 0 Å². The highest BCUT2D eigenvalue weighted by Crippen LogP contribution is 2.15. The number of amides is 2. The van der Waals surface area contributed by atoms with Gasteiger partial charge in [-0.1, -0.05) is 18.2 Å². The first-order valence-corrected chi connectivity index (χ1v) is 8.86. The Morgan fingerprint density at radius 1 is 1.07 bits per heavy atom. The summed E-state index contributed by atoms with van der Waals surface area (Å²) >= 11 is 0. The van der Waals surface area contributed by atoms with Crippen LogP contribution in [0.15, 0.2) is 30.3 Å². The Kier molecular flexibility index (Phi) is 7.16. The van der Waals surface area contributed by atoms with Gasteiger partial charge in [-0.25, -0.2) is 4.79 Å². The SMILES string of the molecule is CCNc1nc(NC(C)(C)C)nc(OCCNC(=O)Nc2ccccc2)n1. The molecule has 1 aromatic heterocycles. The summed E-state index contributed by atoms with van der Waals surface area (Å²) in [6.07, 6.45) is 0. The monoisotopic (exact) mass is 373 g/mol. The summed E-state index contributed by atoms with van der Waals surface area (Å²) in [6, 6.07) is 9.10. The van der Waals surface area contributed by atoms with Gasteiger partial charge in [-0.15, -0.1) is 0 Å². The van der Waals surface area contributed by atoms with Crippen molar-refractivity contribution in [3.8, 4) is 6.01 Å². The lowest BCUT2D eigenvalue weighted by Crippen LogP contribution is -2.32. The Balaban J connectivity index is 1.86. The van der Waals surface area contributed by atoms with Gasteiger partial charge in [-0.05, 0) is 39.8 Å². The van der Waals surface area contributed by atoms with Crippen LogP contribution in [0.5, 0.6) is 6.01 Å². The van der Waals surface area contributed by atoms with Gasteiger partial charge in [-0.3, -0.25) is 0 Å². The molecule has 0 fully saturated rings. The Morgan fingerprint density at radius 3 is 2.44 bits per heavy atom. The minimum absolute atomic E-state index is 0.193. The van der Waals surface area contributed by atoms with Gasteiger partial charge in [0.05, 0.1) is 6.54 Å². The summed E-state index contributed by atoms with van der Waals surface area (Å²) in [5.74, 6) is 0.863. The number of aromatic nitrogens is 3. The molecule has 2 aromatic rings. The van der Waals surface area contributed by atoms with Gasteiger partial charge in [0, 0.05) is 17.8 Å². The molecular formula is C18H27N7O2. The van der Waals surface area contributed by atoms with Crippen molar-refractivity contribution >= 4 is 23.6 Å². The molecule has 0 aliphatic rings. The van der Waals surface area contributed by atoms with Gasteiger partial charge in [0.1, 0.15) is 6.61 Å². The Bertz CT molecular complexity index is 732. The summed E-state index contributed by atoms with van der Waals surface area (Å²) in [4.78, 5) is 24.6. The lowest BCUT2D eigenvalue weighted by atomic mass is 10.1. The first-order valence-electron chi connectivity index (χ1n) is 8.86. The molecule has 146 valence electrons. The number of benzene rings is 1. The number of anilines is 3. The average Bonchev–Trinajstić information content (AvgIpc) is 2.58. The highest BCUT2D eigenvalue weighted by Gasteiger charge is 2.14. The van der Waals surface area contributed by atoms with Gasteiger partial charge in [0.25, 0.3) is 0 Å². The molecule has 27 heavy (non-hydrogen) atoms. The van der Waals surface area contributed by atoms with E-state index in [1.807, 2.05) is 58.0 Å². The quantitative estimate of drug-likeness (QED) is 0.526. The number of nitrogens with zero attached hydrogens (tertiary/aromatic N) is 3. The van der Waals surface area contributed by atoms with Crippen LogP contribution in [0.1, 0.15) is 27.7 Å². The number of ether oxygens (including phenoxy) is 1. The molecule has 0 saturated heterocycles. The zero-order valence-electron chi connectivity index (χ0n) is 16.2. The van der Waals surface area contributed by atoms with E-state index in [0.29, 0.717) is 25.0 Å². The molecule has 0 aliphatic carbocycles. The highest BCUT2D eigenvalue weighted by molar-refractivity contribution is 5.89. The van der Waals surface area contributed by atoms with E-state index in [2.05, 4.69) is 36.2 Å². The van der Waals surface area contributed by atoms with Crippen molar-refractivity contribution < 1.29 is 9.53 Å². The molecule has 0 saturated carbocycles. The first kappa shape index (κ1) is 20.2. The molecule has 9 heteroatoms. The molecule has 1 heterocycles. The fraction of sp³-hybridized carbons (Fsp3) is 0.444. The van der Waals surface area contributed by atoms with Gasteiger partial charge in [0.15, 0.2) is 0 Å². The molecule has 0 atom stereocenters. The van der Waals surface area contributed by atoms with Crippen LogP contribution in [0.25, 0.3) is 0 Å². The zero-order valence-corrected chi connectivity index (χ0v) is 16.2. The number of carbonyl (C=O) groups excluding carboxylic acids is 1. The summed E-state index contributed by atoms with van der Waals surface area (Å²) in [5.41, 5.74) is 0.528. The fourth-order valence-electron chi connectivity index (χ4n) is 2.05. The van der Waals surface area contributed by atoms with Crippen molar-refractivity contribution in [1.82, 2.24) is 20.3 Å². The molecule has 4 N–H and O–H groups in total. The van der Waals surface area contributed by atoms with Crippen LogP contribution in [-0.2, 0) is 0 Å². The van der Waals surface area contributed by atoms with Gasteiger partial charge in [0.2, 0.25) is 11.9 Å². The van der Waals surface area contributed by atoms with Crippen molar-refractivity contribution in [2.75, 3.05) is 35.6 Å². The molecule has 0 aliphatic heterocycles. The standard InChI is InChI=1S/C18H27N7O2/c1-5-19-14-22-15(25-18(2,3)4)24-17(23-14)27-12-11-20-16(26)21-13-9-7-6-8-10-13/h6-10H,5,11-12H2,1-4H3,(H2,20,21,26)(H2,19,22,23,24,25). The summed E-state index contributed by atoms with van der Waals surface area (Å²) in [7, 11) is 0. The molecule has 0 radical (unpaired) electrons. The lowest BCUT2D eigenvalue weighted by Gasteiger charge is -2.20. The minimum atomic E-state index is -0.302. The predicted octanol–water partition coefficient (Wildman–Crippen LogP) is 2.71. The second-order valence-electron chi connectivity index (χ2n) is 6.77. The number of carbonyl (C=O) groups is 1. The number of nitrogens with one attached hydrogen (secondary N) is 4. The molecular weight excluding hydrogens is 346 g/mol. The van der Waals surface area contributed by atoms with Gasteiger partial charge >= 0.3 is 12.0 Å². The Morgan fingerprint density at radius 2 is 1.78 bits per heavy atom. The first-order chi connectivity index (χ1) is 12.9. The van der Waals surface area contributed by atoms with E-state index in [0.717, 1.165) is 5.69 Å². The van der Waals surface area contributed by atoms with Crippen LogP contribution in [0.4, 0.5) is 22.4 Å². The molecule has 1 aromatic carbocycles. The van der Waals surface area contributed by atoms with E-state index in [4.69, 9.17) is 4.74 Å². The Labute approximate surface area is 159 Å². The van der Waals surface area contributed by atoms with E-state index in [9.17, 15) is 4.79 Å². The number of urea groups is 1. The largest absolute Gasteiger partial charge is 0.461 e. The van der Waals surface area contributed by atoms with Crippen molar-refractivity contribution in [1.29, 1.82) is 0 Å². The third-order valence-corrected chi connectivity index (χ3v) is 3.09. The van der Waals surface area contributed by atoms with Crippen LogP contribution < -0.4 is 26.0 Å². The smallest absolute Gasteiger partial charge is 0.323 e. The van der Waals surface area contributed by atoms with Crippen LogP contribution in [0, 0.1) is 0 Å². The number of para-hydroxylation sites is 1. The average molecular weight is 373 g/mol. The normalized spacial score (nSPS) is 10.8. The number of rotatable bonds is 8. The zero-order chi connectivity index (χ0) is 19.7. The van der Waals surface area contributed by atoms with Crippen molar-refractivity contribution in [2.45, 2.75) is 33.2 Å². The predicted molar refractivity (Wildman–Crippen MR) is 106 cm³/mol. The third kappa shape index (κ3) is 7.76. The van der Waals surface area contributed by atoms with E-state index >= 15 is 0 Å². The number of hydrogen-bond acceptors (Lipinski definition) is 7. The molecule has 2 amide bonds. The number of hydrogen-bond donors (Lipinski definition) is 4. The molecule has 9 nitrogen and oxygen atoms in total. The molecule has 0 bridgehead atoms. The van der Waals surface area contributed by atoms with E-state index in [1.165, 1.54) is 0 Å². The second-order valence-corrected chi connectivity index (χ2v) is 6.77. The third-order valence-electron chi connectivity index (χ3n) is 3.09. The van der Waals surface area contributed by atoms with Crippen molar-refractivity contribution in [3.63, 3.8) is 0 Å². The van der Waals surface area contributed by atoms with Gasteiger partial charge in [-0.2, -0.15) is 15.0 Å². The lowest BCUT2D eigenvalue weighted by molar-refractivity contribution is 0.245. The maximum absolute atomic E-state index is 11.8. The summed E-state index contributed by atoms with van der Waals surface area (Å²) < 4.78 is 5.56. The van der Waals surface area contributed by atoms with Crippen molar-refractivity contribution in [3.05, 3.63) is 30.3 Å². The topological polar surface area (TPSA) is 113 Å². The molecule has 2 rings (SSSR count). The van der Waals surface area contributed by atoms with Gasteiger partial charge < -0.3 is 26.0 Å². The van der Waals surface area contributed by atoms with E-state index in [1.54, 1.807) is 0 Å². The second kappa shape index (κ2) is 9.56. The van der Waals surface area contributed by atoms with Crippen LogP contribution in [0.3, 0.4) is 0 Å². The van der Waals surface area contributed by atoms with E-state index in [-0.39, 0.29) is 24.2 Å². The fourth-order valence-corrected chi connectivity index (χ4v) is 2.05. The molecule has 0 spiro atoms. The maximum atomic E-state index is 11.8. The summed E-state index contributed by atoms with van der Waals surface area (Å²) in [5, 5.41) is 11.7. The Hall–Kier alpha value is -3.10. The van der Waals surface area contributed by atoms with Crippen LogP contribution in [-0.4, -0.2) is 46.2 Å². The summed E-state index contributed by atoms with van der Waals surface area (Å²) in [6.45, 7) is 9.21. The maximum Gasteiger partial charge on any atom is 0.323 e. The highest BCUT2D eigenvalue weighted by atomic mass is 16.5.